The Morgan fingerprint density at radius 2 is 1.81 bits per heavy atom. The second-order valence-electron chi connectivity index (χ2n) is 2.73. The third kappa shape index (κ3) is 2.53. The van der Waals surface area contributed by atoms with Crippen LogP contribution < -0.4 is 0 Å². The van der Waals surface area contributed by atoms with Crippen LogP contribution in [0.4, 0.5) is 13.2 Å². The van der Waals surface area contributed by atoms with Crippen LogP contribution in [0.15, 0.2) is 18.2 Å². The van der Waals surface area contributed by atoms with Crippen molar-refractivity contribution in [3.05, 3.63) is 34.9 Å². The number of nitrogens with zero attached hydrogens (tertiary/aromatic N) is 2. The summed E-state index contributed by atoms with van der Waals surface area (Å²) in [4.78, 5) is 0. The summed E-state index contributed by atoms with van der Waals surface area (Å²) < 4.78 is 37.6. The van der Waals surface area contributed by atoms with E-state index in [0.717, 1.165) is 6.07 Å². The predicted molar refractivity (Wildman–Crippen MR) is 48.7 cm³/mol. The van der Waals surface area contributed by atoms with Crippen molar-refractivity contribution in [3.8, 4) is 24.0 Å². The molecule has 0 aromatic heterocycles. The van der Waals surface area contributed by atoms with E-state index in [1.807, 2.05) is 5.92 Å². The highest BCUT2D eigenvalue weighted by Crippen LogP contribution is 2.32. The molecule has 0 unspecified atom stereocenters. The SMILES string of the molecule is N#CC#Cc1ccc(C#N)cc1C(F)(F)F. The van der Waals surface area contributed by atoms with E-state index in [0.29, 0.717) is 6.07 Å². The Kier molecular flexibility index (Phi) is 3.18. The van der Waals surface area contributed by atoms with E-state index in [2.05, 4.69) is 5.92 Å². The lowest BCUT2D eigenvalue weighted by Gasteiger charge is -2.08. The molecule has 1 aromatic carbocycles. The van der Waals surface area contributed by atoms with Gasteiger partial charge in [-0.2, -0.15) is 23.7 Å². The van der Waals surface area contributed by atoms with E-state index < -0.39 is 11.7 Å². The molecular formula is C11H3F3N2. The Balaban J connectivity index is 3.42. The Bertz CT molecular complexity index is 548. The number of rotatable bonds is 0. The Morgan fingerprint density at radius 3 is 2.31 bits per heavy atom. The van der Waals surface area contributed by atoms with Crippen molar-refractivity contribution in [2.45, 2.75) is 6.18 Å². The molecule has 0 N–H and O–H groups in total. The Morgan fingerprint density at radius 1 is 1.12 bits per heavy atom. The van der Waals surface area contributed by atoms with Crippen molar-refractivity contribution in [1.29, 1.82) is 10.5 Å². The summed E-state index contributed by atoms with van der Waals surface area (Å²) in [5.74, 6) is 3.97. The van der Waals surface area contributed by atoms with Crippen molar-refractivity contribution < 1.29 is 13.2 Å². The Labute approximate surface area is 89.5 Å². The molecule has 0 heterocycles. The van der Waals surface area contributed by atoms with Crippen LogP contribution in [-0.2, 0) is 6.18 Å². The minimum atomic E-state index is -4.59. The van der Waals surface area contributed by atoms with Crippen molar-refractivity contribution in [2.24, 2.45) is 0 Å². The number of benzene rings is 1. The van der Waals surface area contributed by atoms with Gasteiger partial charge in [0.15, 0.2) is 6.07 Å². The van der Waals surface area contributed by atoms with Gasteiger partial charge >= 0.3 is 6.18 Å². The van der Waals surface area contributed by atoms with Crippen molar-refractivity contribution in [3.63, 3.8) is 0 Å². The monoisotopic (exact) mass is 220 g/mol. The minimum absolute atomic E-state index is 0.102. The molecule has 0 bridgehead atoms. The fourth-order valence-electron chi connectivity index (χ4n) is 1.05. The van der Waals surface area contributed by atoms with Crippen LogP contribution in [0.3, 0.4) is 0 Å². The second kappa shape index (κ2) is 4.38. The van der Waals surface area contributed by atoms with Gasteiger partial charge in [0.05, 0.1) is 17.2 Å². The van der Waals surface area contributed by atoms with Crippen molar-refractivity contribution in [2.75, 3.05) is 0 Å². The lowest BCUT2D eigenvalue weighted by atomic mass is 10.0. The number of nitriles is 2. The van der Waals surface area contributed by atoms with Gasteiger partial charge in [0.2, 0.25) is 0 Å². The zero-order valence-corrected chi connectivity index (χ0v) is 7.76. The number of hydrogen-bond acceptors (Lipinski definition) is 2. The molecule has 0 aliphatic rings. The van der Waals surface area contributed by atoms with E-state index in [1.165, 1.54) is 12.1 Å². The second-order valence-corrected chi connectivity index (χ2v) is 2.73. The number of alkyl halides is 3. The predicted octanol–water partition coefficient (Wildman–Crippen LogP) is 2.45. The lowest BCUT2D eigenvalue weighted by molar-refractivity contribution is -0.137. The molecule has 0 aliphatic heterocycles. The van der Waals surface area contributed by atoms with Gasteiger partial charge in [0.25, 0.3) is 0 Å². The number of halogens is 3. The molecule has 0 spiro atoms. The summed E-state index contributed by atoms with van der Waals surface area (Å²) >= 11 is 0. The quantitative estimate of drug-likeness (QED) is 0.630. The van der Waals surface area contributed by atoms with E-state index in [1.54, 1.807) is 6.07 Å². The summed E-state index contributed by atoms with van der Waals surface area (Å²) in [5, 5.41) is 16.7. The average molecular weight is 220 g/mol. The highest BCUT2D eigenvalue weighted by atomic mass is 19.4. The van der Waals surface area contributed by atoms with Crippen LogP contribution in [0, 0.1) is 34.5 Å². The molecule has 16 heavy (non-hydrogen) atoms. The summed E-state index contributed by atoms with van der Waals surface area (Å²) in [7, 11) is 0. The van der Waals surface area contributed by atoms with Gasteiger partial charge in [0.1, 0.15) is 0 Å². The summed E-state index contributed by atoms with van der Waals surface area (Å²) in [6, 6.07) is 6.04. The van der Waals surface area contributed by atoms with Crippen LogP contribution in [0.5, 0.6) is 0 Å². The normalized spacial score (nSPS) is 9.56. The first-order chi connectivity index (χ1) is 7.49. The minimum Gasteiger partial charge on any atom is -0.192 e. The molecule has 0 amide bonds. The zero-order chi connectivity index (χ0) is 12.2. The first-order valence-electron chi connectivity index (χ1n) is 4.00. The highest BCUT2D eigenvalue weighted by Gasteiger charge is 2.33. The van der Waals surface area contributed by atoms with Gasteiger partial charge in [0, 0.05) is 11.5 Å². The Hall–Kier alpha value is -2.45. The van der Waals surface area contributed by atoms with E-state index in [9.17, 15) is 13.2 Å². The van der Waals surface area contributed by atoms with E-state index >= 15 is 0 Å². The molecule has 1 rings (SSSR count). The molecule has 0 atom stereocenters. The largest absolute Gasteiger partial charge is 0.417 e. The number of hydrogen-bond donors (Lipinski definition) is 0. The first kappa shape index (κ1) is 11.6. The van der Waals surface area contributed by atoms with Crippen LogP contribution in [0.2, 0.25) is 0 Å². The molecule has 0 radical (unpaired) electrons. The fraction of sp³-hybridized carbons (Fsp3) is 0.0909. The molecular weight excluding hydrogens is 217 g/mol. The van der Waals surface area contributed by atoms with Crippen LogP contribution in [0.1, 0.15) is 16.7 Å². The van der Waals surface area contributed by atoms with Gasteiger partial charge < -0.3 is 0 Å². The van der Waals surface area contributed by atoms with Gasteiger partial charge in [-0.15, -0.1) is 0 Å². The fourth-order valence-corrected chi connectivity index (χ4v) is 1.05. The topological polar surface area (TPSA) is 47.6 Å². The molecule has 78 valence electrons. The molecule has 0 saturated heterocycles. The van der Waals surface area contributed by atoms with Gasteiger partial charge in [-0.25, -0.2) is 0 Å². The van der Waals surface area contributed by atoms with E-state index in [4.69, 9.17) is 10.5 Å². The molecule has 0 saturated carbocycles. The zero-order valence-electron chi connectivity index (χ0n) is 7.76. The third-order valence-electron chi connectivity index (χ3n) is 1.71. The van der Waals surface area contributed by atoms with Crippen molar-refractivity contribution in [1.82, 2.24) is 0 Å². The highest BCUT2D eigenvalue weighted by molar-refractivity contribution is 5.48. The molecule has 0 fully saturated rings. The first-order valence-corrected chi connectivity index (χ1v) is 4.00. The molecule has 1 aromatic rings. The average Bonchev–Trinajstić information content (AvgIpc) is 2.25. The molecule has 2 nitrogen and oxygen atoms in total. The maximum absolute atomic E-state index is 12.5. The summed E-state index contributed by atoms with van der Waals surface area (Å²) in [5.41, 5.74) is -1.42. The summed E-state index contributed by atoms with van der Waals surface area (Å²) in [6.45, 7) is 0. The van der Waals surface area contributed by atoms with Gasteiger partial charge in [-0.3, -0.25) is 0 Å². The van der Waals surface area contributed by atoms with Crippen LogP contribution in [0.25, 0.3) is 0 Å². The van der Waals surface area contributed by atoms with Gasteiger partial charge in [-0.1, -0.05) is 5.92 Å². The molecule has 0 aliphatic carbocycles. The summed E-state index contributed by atoms with van der Waals surface area (Å²) in [6.07, 6.45) is -4.59. The smallest absolute Gasteiger partial charge is 0.192 e. The van der Waals surface area contributed by atoms with Crippen LogP contribution >= 0.6 is 0 Å². The maximum atomic E-state index is 12.5. The van der Waals surface area contributed by atoms with Crippen molar-refractivity contribution >= 4 is 0 Å². The molecule has 5 heteroatoms. The van der Waals surface area contributed by atoms with Crippen LogP contribution in [-0.4, -0.2) is 0 Å². The van der Waals surface area contributed by atoms with E-state index in [-0.39, 0.29) is 11.1 Å². The third-order valence-corrected chi connectivity index (χ3v) is 1.71. The standard InChI is InChI=1S/C11H3F3N2/c12-11(13,14)10-6-8(7-16)3-4-9(10)2-1-5-15/h3-4,6H. The lowest BCUT2D eigenvalue weighted by Crippen LogP contribution is -2.08. The maximum Gasteiger partial charge on any atom is 0.417 e. The van der Waals surface area contributed by atoms with Gasteiger partial charge in [-0.05, 0) is 18.2 Å².